The molecule has 0 bridgehead atoms. The molecule has 0 aliphatic carbocycles. The second-order valence-electron chi connectivity index (χ2n) is 4.70. The van der Waals surface area contributed by atoms with Gasteiger partial charge >= 0.3 is 0 Å². The highest BCUT2D eigenvalue weighted by atomic mass is 15.4. The fourth-order valence-electron chi connectivity index (χ4n) is 2.32. The molecule has 1 N–H and O–H groups in total. The number of fused-ring (bicyclic) bond motifs is 1. The van der Waals surface area contributed by atoms with Gasteiger partial charge in [0.15, 0.2) is 11.5 Å². The molecule has 2 aromatic heterocycles. The Morgan fingerprint density at radius 1 is 1.45 bits per heavy atom. The molecule has 0 fully saturated rings. The number of nitrogens with zero attached hydrogens (tertiary/aromatic N) is 6. The average molecular weight is 269 g/mol. The van der Waals surface area contributed by atoms with Crippen molar-refractivity contribution in [2.45, 2.75) is 38.8 Å². The minimum Gasteiger partial charge on any atom is -0.359 e. The largest absolute Gasteiger partial charge is 0.359 e. The zero-order valence-corrected chi connectivity index (χ0v) is 11.2. The number of aromatic nitrogens is 5. The van der Waals surface area contributed by atoms with Gasteiger partial charge in [-0.25, -0.2) is 19.6 Å². The number of aryl methyl sites for hydroxylation is 2. The van der Waals surface area contributed by atoms with Crippen LogP contribution in [0.1, 0.15) is 43.1 Å². The van der Waals surface area contributed by atoms with Gasteiger partial charge in [-0.2, -0.15) is 10.4 Å². The van der Waals surface area contributed by atoms with Crippen LogP contribution < -0.4 is 5.32 Å². The summed E-state index contributed by atoms with van der Waals surface area (Å²) in [6.07, 6.45) is 5.93. The van der Waals surface area contributed by atoms with Crippen LogP contribution in [-0.2, 0) is 13.0 Å². The van der Waals surface area contributed by atoms with Crippen LogP contribution >= 0.6 is 0 Å². The molecular weight excluding hydrogens is 254 g/mol. The molecule has 1 atom stereocenters. The third kappa shape index (κ3) is 2.32. The van der Waals surface area contributed by atoms with E-state index < -0.39 is 0 Å². The molecule has 20 heavy (non-hydrogen) atoms. The Bertz CT molecular complexity index is 638. The molecule has 3 heterocycles. The Morgan fingerprint density at radius 3 is 3.05 bits per heavy atom. The number of nitriles is 1. The maximum atomic E-state index is 8.72. The fourth-order valence-corrected chi connectivity index (χ4v) is 2.32. The molecule has 102 valence electrons. The molecule has 0 amide bonds. The molecule has 3 rings (SSSR count). The van der Waals surface area contributed by atoms with Crippen molar-refractivity contribution >= 4 is 5.82 Å². The highest BCUT2D eigenvalue weighted by Crippen LogP contribution is 2.26. The molecule has 1 aliphatic heterocycles. The number of rotatable bonds is 3. The summed E-state index contributed by atoms with van der Waals surface area (Å²) in [5.41, 5.74) is 0.315. The molecule has 0 aromatic carbocycles. The lowest BCUT2D eigenvalue weighted by atomic mass is 10.1. The first-order valence-electron chi connectivity index (χ1n) is 6.72. The van der Waals surface area contributed by atoms with E-state index >= 15 is 0 Å². The molecule has 0 saturated heterocycles. The van der Waals surface area contributed by atoms with Crippen LogP contribution in [0.2, 0.25) is 0 Å². The van der Waals surface area contributed by atoms with Crippen LogP contribution in [-0.4, -0.2) is 24.7 Å². The van der Waals surface area contributed by atoms with E-state index in [1.807, 2.05) is 10.8 Å². The van der Waals surface area contributed by atoms with Crippen LogP contribution in [0.4, 0.5) is 5.82 Å². The van der Waals surface area contributed by atoms with Gasteiger partial charge in [0.2, 0.25) is 0 Å². The summed E-state index contributed by atoms with van der Waals surface area (Å²) < 4.78 is 1.97. The van der Waals surface area contributed by atoms with Gasteiger partial charge in [0.05, 0.1) is 18.4 Å². The van der Waals surface area contributed by atoms with E-state index in [4.69, 9.17) is 5.26 Å². The van der Waals surface area contributed by atoms with Gasteiger partial charge in [-0.05, 0) is 12.8 Å². The lowest BCUT2D eigenvalue weighted by Crippen LogP contribution is -2.23. The van der Waals surface area contributed by atoms with Crippen molar-refractivity contribution in [3.63, 3.8) is 0 Å². The second-order valence-corrected chi connectivity index (χ2v) is 4.70. The molecule has 2 aromatic rings. The molecule has 7 heteroatoms. The van der Waals surface area contributed by atoms with Crippen LogP contribution in [0, 0.1) is 11.3 Å². The highest BCUT2D eigenvalue weighted by Gasteiger charge is 2.24. The van der Waals surface area contributed by atoms with Gasteiger partial charge in [0.1, 0.15) is 17.7 Å². The molecule has 0 spiro atoms. The SMILES string of the molecule is CCc1nc2n(n1)CCCC2Nc1cnc(C#N)cn1. The third-order valence-corrected chi connectivity index (χ3v) is 3.32. The van der Waals surface area contributed by atoms with E-state index in [1.54, 1.807) is 6.20 Å². The predicted molar refractivity (Wildman–Crippen MR) is 71.7 cm³/mol. The summed E-state index contributed by atoms with van der Waals surface area (Å²) >= 11 is 0. The van der Waals surface area contributed by atoms with Crippen molar-refractivity contribution in [2.24, 2.45) is 0 Å². The monoisotopic (exact) mass is 269 g/mol. The van der Waals surface area contributed by atoms with E-state index in [0.29, 0.717) is 11.5 Å². The van der Waals surface area contributed by atoms with Gasteiger partial charge in [-0.15, -0.1) is 0 Å². The van der Waals surface area contributed by atoms with Crippen LogP contribution in [0.15, 0.2) is 12.4 Å². The van der Waals surface area contributed by atoms with E-state index in [2.05, 4.69) is 32.3 Å². The Labute approximate surface area is 116 Å². The topological polar surface area (TPSA) is 92.3 Å². The van der Waals surface area contributed by atoms with Crippen molar-refractivity contribution in [2.75, 3.05) is 5.32 Å². The molecule has 1 aliphatic rings. The van der Waals surface area contributed by atoms with E-state index in [1.165, 1.54) is 6.20 Å². The first-order valence-corrected chi connectivity index (χ1v) is 6.72. The summed E-state index contributed by atoms with van der Waals surface area (Å²) in [4.78, 5) is 12.8. The van der Waals surface area contributed by atoms with Crippen molar-refractivity contribution in [3.05, 3.63) is 29.7 Å². The Morgan fingerprint density at radius 2 is 2.35 bits per heavy atom. The van der Waals surface area contributed by atoms with Crippen LogP contribution in [0.25, 0.3) is 0 Å². The first kappa shape index (κ1) is 12.5. The van der Waals surface area contributed by atoms with Gasteiger partial charge in [-0.1, -0.05) is 6.92 Å². The maximum Gasteiger partial charge on any atom is 0.158 e. The van der Waals surface area contributed by atoms with Crippen molar-refractivity contribution in [1.29, 1.82) is 5.26 Å². The Hall–Kier alpha value is -2.49. The summed E-state index contributed by atoms with van der Waals surface area (Å²) in [6.45, 7) is 2.97. The van der Waals surface area contributed by atoms with E-state index in [-0.39, 0.29) is 6.04 Å². The summed E-state index contributed by atoms with van der Waals surface area (Å²) in [6, 6.07) is 2.05. The van der Waals surface area contributed by atoms with Gasteiger partial charge < -0.3 is 5.32 Å². The summed E-state index contributed by atoms with van der Waals surface area (Å²) in [5.74, 6) is 2.49. The molecular formula is C13H15N7. The predicted octanol–water partition coefficient (Wildman–Crippen LogP) is 1.45. The normalized spacial score (nSPS) is 17.3. The fraction of sp³-hybridized carbons (Fsp3) is 0.462. The zero-order chi connectivity index (χ0) is 13.9. The maximum absolute atomic E-state index is 8.72. The lowest BCUT2D eigenvalue weighted by Gasteiger charge is -2.23. The zero-order valence-electron chi connectivity index (χ0n) is 11.2. The third-order valence-electron chi connectivity index (χ3n) is 3.32. The highest BCUT2D eigenvalue weighted by molar-refractivity contribution is 5.35. The van der Waals surface area contributed by atoms with Crippen molar-refractivity contribution in [1.82, 2.24) is 24.7 Å². The van der Waals surface area contributed by atoms with Gasteiger partial charge in [0.25, 0.3) is 0 Å². The number of hydrogen-bond donors (Lipinski definition) is 1. The quantitative estimate of drug-likeness (QED) is 0.906. The molecule has 7 nitrogen and oxygen atoms in total. The number of anilines is 1. The number of hydrogen-bond acceptors (Lipinski definition) is 6. The average Bonchev–Trinajstić information content (AvgIpc) is 2.92. The Kier molecular flexibility index (Phi) is 3.29. The first-order chi connectivity index (χ1) is 9.80. The minimum absolute atomic E-state index is 0.0961. The summed E-state index contributed by atoms with van der Waals surface area (Å²) in [7, 11) is 0. The standard InChI is InChI=1S/C13H15N7/c1-2-11-18-13-10(4-3-5-20(13)19-11)17-12-8-15-9(6-14)7-16-12/h7-8,10H,2-5H2,1H3,(H,16,17). The second kappa shape index (κ2) is 5.25. The number of nitrogens with one attached hydrogen (secondary N) is 1. The van der Waals surface area contributed by atoms with E-state index in [9.17, 15) is 0 Å². The smallest absolute Gasteiger partial charge is 0.158 e. The summed E-state index contributed by atoms with van der Waals surface area (Å²) in [5, 5.41) is 16.5. The molecule has 1 unspecified atom stereocenters. The van der Waals surface area contributed by atoms with Crippen molar-refractivity contribution < 1.29 is 0 Å². The van der Waals surface area contributed by atoms with Crippen molar-refractivity contribution in [3.8, 4) is 6.07 Å². The Balaban J connectivity index is 1.81. The van der Waals surface area contributed by atoms with Gasteiger partial charge in [-0.3, -0.25) is 0 Å². The molecule has 0 radical (unpaired) electrons. The molecule has 0 saturated carbocycles. The van der Waals surface area contributed by atoms with Crippen LogP contribution in [0.3, 0.4) is 0 Å². The van der Waals surface area contributed by atoms with Gasteiger partial charge in [0, 0.05) is 13.0 Å². The lowest BCUT2D eigenvalue weighted by molar-refractivity contribution is 0.436. The van der Waals surface area contributed by atoms with Crippen LogP contribution in [0.5, 0.6) is 0 Å². The minimum atomic E-state index is 0.0961. The van der Waals surface area contributed by atoms with E-state index in [0.717, 1.165) is 37.5 Å².